The first-order valence-electron chi connectivity index (χ1n) is 8.58. The maximum Gasteiger partial charge on any atom is 0.333 e. The molecular weight excluding hydrogens is 416 g/mol. The Morgan fingerprint density at radius 2 is 2.14 bits per heavy atom. The summed E-state index contributed by atoms with van der Waals surface area (Å²) in [7, 11) is 1.33. The summed E-state index contributed by atoms with van der Waals surface area (Å²) in [5, 5.41) is 13.0. The molecule has 1 aromatic carbocycles. The van der Waals surface area contributed by atoms with Crippen molar-refractivity contribution in [2.24, 2.45) is 0 Å². The third-order valence-electron chi connectivity index (χ3n) is 3.81. The SMILES string of the molecule is COC(=O)/C=C1/SCC(=O)N1CCCSc1nnc(Nc2ccc(C)cc2)s1. The maximum absolute atomic E-state index is 12.0. The Bertz CT molecular complexity index is 867. The fourth-order valence-electron chi connectivity index (χ4n) is 2.39. The third kappa shape index (κ3) is 5.73. The molecule has 2 heterocycles. The average Bonchev–Trinajstić information content (AvgIpc) is 3.27. The number of ether oxygens (including phenoxy) is 1. The Kier molecular flexibility index (Phi) is 7.35. The molecule has 7 nitrogen and oxygen atoms in total. The molecule has 1 fully saturated rings. The molecule has 0 spiro atoms. The second-order valence-corrected chi connectivity index (χ2v) is 9.22. The molecule has 10 heteroatoms. The van der Waals surface area contributed by atoms with E-state index in [0.29, 0.717) is 17.3 Å². The number of nitrogens with one attached hydrogen (secondary N) is 1. The lowest BCUT2D eigenvalue weighted by Crippen LogP contribution is -2.26. The van der Waals surface area contributed by atoms with E-state index < -0.39 is 5.97 Å². The number of amides is 1. The monoisotopic (exact) mass is 436 g/mol. The first kappa shape index (κ1) is 20.7. The van der Waals surface area contributed by atoms with Gasteiger partial charge < -0.3 is 15.0 Å². The van der Waals surface area contributed by atoms with E-state index in [4.69, 9.17) is 0 Å². The molecule has 28 heavy (non-hydrogen) atoms. The van der Waals surface area contributed by atoms with Crippen LogP contribution in [0.2, 0.25) is 0 Å². The summed E-state index contributed by atoms with van der Waals surface area (Å²) in [6, 6.07) is 8.10. The van der Waals surface area contributed by atoms with Crippen LogP contribution in [0.5, 0.6) is 0 Å². The second kappa shape index (κ2) is 9.94. The van der Waals surface area contributed by atoms with E-state index >= 15 is 0 Å². The number of hydrogen-bond acceptors (Lipinski definition) is 9. The van der Waals surface area contributed by atoms with E-state index in [9.17, 15) is 9.59 Å². The lowest BCUT2D eigenvalue weighted by atomic mass is 10.2. The fraction of sp³-hybridized carbons (Fsp3) is 0.333. The van der Waals surface area contributed by atoms with Gasteiger partial charge in [0.1, 0.15) is 0 Å². The van der Waals surface area contributed by atoms with Gasteiger partial charge in [-0.2, -0.15) is 0 Å². The Labute approximate surface area is 175 Å². The molecule has 1 saturated heterocycles. The van der Waals surface area contributed by atoms with Crippen LogP contribution < -0.4 is 5.32 Å². The number of rotatable bonds is 8. The first-order chi connectivity index (χ1) is 13.5. The summed E-state index contributed by atoms with van der Waals surface area (Å²) in [6.45, 7) is 2.61. The number of anilines is 2. The molecule has 0 bridgehead atoms. The number of thioether (sulfide) groups is 2. The molecule has 0 aliphatic carbocycles. The largest absolute Gasteiger partial charge is 0.466 e. The van der Waals surface area contributed by atoms with Gasteiger partial charge >= 0.3 is 5.97 Å². The van der Waals surface area contributed by atoms with E-state index in [-0.39, 0.29) is 5.91 Å². The zero-order chi connectivity index (χ0) is 19.9. The zero-order valence-electron chi connectivity index (χ0n) is 15.5. The van der Waals surface area contributed by atoms with E-state index in [1.54, 1.807) is 16.7 Å². The predicted molar refractivity (Wildman–Crippen MR) is 114 cm³/mol. The standard InChI is InChI=1S/C18H20N4O3S3/c1-12-4-6-13(7-5-12)19-17-20-21-18(28-17)26-9-3-8-22-14(23)11-27-15(22)10-16(24)25-2/h4-7,10H,3,8-9,11H2,1-2H3,(H,19,20)/b15-10+. The average molecular weight is 437 g/mol. The van der Waals surface area contributed by atoms with Crippen molar-refractivity contribution in [1.82, 2.24) is 15.1 Å². The number of hydrogen-bond donors (Lipinski definition) is 1. The van der Waals surface area contributed by atoms with E-state index in [1.807, 2.05) is 31.2 Å². The van der Waals surface area contributed by atoms with Crippen LogP contribution in [0.25, 0.3) is 0 Å². The number of methoxy groups -OCH3 is 1. The van der Waals surface area contributed by atoms with Crippen LogP contribution in [0.1, 0.15) is 12.0 Å². The van der Waals surface area contributed by atoms with Crippen LogP contribution >= 0.6 is 34.9 Å². The van der Waals surface area contributed by atoms with Crippen LogP contribution in [0.3, 0.4) is 0 Å². The minimum atomic E-state index is -0.445. The number of esters is 1. The summed E-state index contributed by atoms with van der Waals surface area (Å²) >= 11 is 4.47. The van der Waals surface area contributed by atoms with Gasteiger partial charge in [0.2, 0.25) is 11.0 Å². The molecular formula is C18H20N4O3S3. The van der Waals surface area contributed by atoms with Crippen molar-refractivity contribution in [2.75, 3.05) is 30.5 Å². The number of carbonyl (C=O) groups excluding carboxylic acids is 2. The minimum Gasteiger partial charge on any atom is -0.466 e. The molecule has 0 atom stereocenters. The predicted octanol–water partition coefficient (Wildman–Crippen LogP) is 3.66. The Hall–Kier alpha value is -2.04. The Balaban J connectivity index is 1.45. The highest BCUT2D eigenvalue weighted by Gasteiger charge is 2.26. The lowest BCUT2D eigenvalue weighted by Gasteiger charge is -2.16. The smallest absolute Gasteiger partial charge is 0.333 e. The van der Waals surface area contributed by atoms with Crippen molar-refractivity contribution >= 4 is 57.6 Å². The van der Waals surface area contributed by atoms with Gasteiger partial charge in [-0.25, -0.2) is 4.79 Å². The summed E-state index contributed by atoms with van der Waals surface area (Å²) in [4.78, 5) is 25.0. The molecule has 2 aromatic rings. The highest BCUT2D eigenvalue weighted by molar-refractivity contribution is 8.04. The highest BCUT2D eigenvalue weighted by atomic mass is 32.2. The molecule has 1 amide bonds. The maximum atomic E-state index is 12.0. The molecule has 0 unspecified atom stereocenters. The molecule has 0 radical (unpaired) electrons. The van der Waals surface area contributed by atoms with Crippen molar-refractivity contribution < 1.29 is 14.3 Å². The van der Waals surface area contributed by atoms with E-state index in [0.717, 1.165) is 27.3 Å². The van der Waals surface area contributed by atoms with Crippen LogP contribution in [0, 0.1) is 6.92 Å². The summed E-state index contributed by atoms with van der Waals surface area (Å²) in [5.41, 5.74) is 2.19. The first-order valence-corrected chi connectivity index (χ1v) is 11.4. The van der Waals surface area contributed by atoms with Gasteiger partial charge in [0.25, 0.3) is 0 Å². The number of carbonyl (C=O) groups is 2. The van der Waals surface area contributed by atoms with Crippen molar-refractivity contribution in [3.05, 3.63) is 40.9 Å². The number of benzene rings is 1. The fourth-order valence-corrected chi connectivity index (χ4v) is 5.11. The molecule has 1 aliphatic heterocycles. The van der Waals surface area contributed by atoms with Crippen LogP contribution in [-0.4, -0.2) is 52.1 Å². The van der Waals surface area contributed by atoms with Crippen molar-refractivity contribution in [3.63, 3.8) is 0 Å². The van der Waals surface area contributed by atoms with Crippen LogP contribution in [-0.2, 0) is 14.3 Å². The third-order valence-corrected chi connectivity index (χ3v) is 6.90. The summed E-state index contributed by atoms with van der Waals surface area (Å²) in [6.07, 6.45) is 2.16. The molecule has 148 valence electrons. The molecule has 3 rings (SSSR count). The van der Waals surface area contributed by atoms with E-state index in [2.05, 4.69) is 20.3 Å². The Morgan fingerprint density at radius 3 is 2.89 bits per heavy atom. The Morgan fingerprint density at radius 1 is 1.36 bits per heavy atom. The van der Waals surface area contributed by atoms with Crippen molar-refractivity contribution in [1.29, 1.82) is 0 Å². The van der Waals surface area contributed by atoms with Gasteiger partial charge in [-0.1, -0.05) is 52.6 Å². The van der Waals surface area contributed by atoms with Gasteiger partial charge in [-0.15, -0.1) is 10.2 Å². The molecule has 1 aromatic heterocycles. The highest BCUT2D eigenvalue weighted by Crippen LogP contribution is 2.31. The number of aromatic nitrogens is 2. The minimum absolute atomic E-state index is 0.0191. The zero-order valence-corrected chi connectivity index (χ0v) is 18.0. The van der Waals surface area contributed by atoms with Gasteiger partial charge in [0.05, 0.1) is 24.0 Å². The van der Waals surface area contributed by atoms with Gasteiger partial charge in [0.15, 0.2) is 4.34 Å². The molecule has 1 aliphatic rings. The van der Waals surface area contributed by atoms with Crippen molar-refractivity contribution in [2.45, 2.75) is 17.7 Å². The van der Waals surface area contributed by atoms with Gasteiger partial charge in [0, 0.05) is 18.0 Å². The normalized spacial score (nSPS) is 15.3. The van der Waals surface area contributed by atoms with Crippen LogP contribution in [0.15, 0.2) is 39.7 Å². The van der Waals surface area contributed by atoms with Gasteiger partial charge in [-0.05, 0) is 25.5 Å². The van der Waals surface area contributed by atoms with E-state index in [1.165, 1.54) is 41.8 Å². The second-order valence-electron chi connectivity index (χ2n) is 5.91. The summed E-state index contributed by atoms with van der Waals surface area (Å²) < 4.78 is 5.52. The molecule has 0 saturated carbocycles. The lowest BCUT2D eigenvalue weighted by molar-refractivity contribution is -0.134. The van der Waals surface area contributed by atoms with Crippen molar-refractivity contribution in [3.8, 4) is 0 Å². The number of aryl methyl sites for hydroxylation is 1. The van der Waals surface area contributed by atoms with Crippen LogP contribution in [0.4, 0.5) is 10.8 Å². The van der Waals surface area contributed by atoms with Gasteiger partial charge in [-0.3, -0.25) is 4.79 Å². The topological polar surface area (TPSA) is 84.4 Å². The molecule has 1 N–H and O–H groups in total. The summed E-state index contributed by atoms with van der Waals surface area (Å²) in [5.74, 6) is 0.740. The number of nitrogens with zero attached hydrogens (tertiary/aromatic N) is 3. The quantitative estimate of drug-likeness (QED) is 0.290.